The number of H-pyrrole nitrogens is 1. The lowest BCUT2D eigenvalue weighted by molar-refractivity contribution is 0.102. The maximum absolute atomic E-state index is 12.9. The molecule has 0 spiro atoms. The van der Waals surface area contributed by atoms with Gasteiger partial charge in [0.25, 0.3) is 5.91 Å². The second-order valence-corrected chi connectivity index (χ2v) is 12.2. The highest BCUT2D eigenvalue weighted by Gasteiger charge is 2.24. The van der Waals surface area contributed by atoms with Gasteiger partial charge in [0, 0.05) is 48.9 Å². The lowest BCUT2D eigenvalue weighted by atomic mass is 9.97. The van der Waals surface area contributed by atoms with Gasteiger partial charge in [-0.15, -0.1) is 0 Å². The summed E-state index contributed by atoms with van der Waals surface area (Å²) in [6, 6.07) is 17.1. The third kappa shape index (κ3) is 6.45. The van der Waals surface area contributed by atoms with E-state index in [9.17, 15) is 13.2 Å². The highest BCUT2D eigenvalue weighted by Crippen LogP contribution is 2.26. The summed E-state index contributed by atoms with van der Waals surface area (Å²) in [5, 5.41) is 19.4. The number of amides is 1. The number of anilines is 1. The van der Waals surface area contributed by atoms with E-state index in [1.54, 1.807) is 6.07 Å². The Labute approximate surface area is 222 Å². The summed E-state index contributed by atoms with van der Waals surface area (Å²) >= 11 is 0. The Morgan fingerprint density at radius 1 is 1.11 bits per heavy atom. The predicted molar refractivity (Wildman–Crippen MR) is 144 cm³/mol. The van der Waals surface area contributed by atoms with Gasteiger partial charge in [0.2, 0.25) is 0 Å². The second kappa shape index (κ2) is 11.4. The van der Waals surface area contributed by atoms with Crippen molar-refractivity contribution in [3.8, 4) is 17.5 Å². The molecule has 0 radical (unpaired) electrons. The molecule has 1 unspecified atom stereocenters. The van der Waals surface area contributed by atoms with Crippen LogP contribution in [0.25, 0.3) is 11.4 Å². The molecule has 1 atom stereocenters. The van der Waals surface area contributed by atoms with Crippen molar-refractivity contribution in [2.45, 2.75) is 25.3 Å². The van der Waals surface area contributed by atoms with Gasteiger partial charge in [-0.25, -0.2) is 13.4 Å². The molecule has 3 aromatic rings. The predicted octanol–water partition coefficient (Wildman–Crippen LogP) is 2.66. The van der Waals surface area contributed by atoms with Crippen molar-refractivity contribution in [3.63, 3.8) is 0 Å². The summed E-state index contributed by atoms with van der Waals surface area (Å²) in [7, 11) is -2.92. The Morgan fingerprint density at radius 3 is 2.66 bits per heavy atom. The molecule has 2 N–H and O–H groups in total. The summed E-state index contributed by atoms with van der Waals surface area (Å²) in [5.74, 6) is 1.83. The fraction of sp³-hybridized carbons (Fsp3) is 0.407. The van der Waals surface area contributed by atoms with Gasteiger partial charge >= 0.3 is 0 Å². The Kier molecular flexibility index (Phi) is 7.83. The highest BCUT2D eigenvalue weighted by molar-refractivity contribution is 7.91. The molecule has 3 heterocycles. The molecule has 38 heavy (non-hydrogen) atoms. The van der Waals surface area contributed by atoms with Gasteiger partial charge in [0.05, 0.1) is 24.1 Å². The lowest BCUT2D eigenvalue weighted by Gasteiger charge is -2.29. The van der Waals surface area contributed by atoms with Crippen LogP contribution < -0.4 is 5.32 Å². The average molecular weight is 534 g/mol. The largest absolute Gasteiger partial charge is 0.322 e. The fourth-order valence-corrected chi connectivity index (χ4v) is 6.27. The molecular weight excluding hydrogens is 502 g/mol. The number of nitrogens with zero attached hydrogens (tertiary/aromatic N) is 5. The van der Waals surface area contributed by atoms with Crippen molar-refractivity contribution in [1.29, 1.82) is 5.26 Å². The molecule has 5 rings (SSSR count). The summed E-state index contributed by atoms with van der Waals surface area (Å²) in [6.45, 7) is 3.80. The lowest BCUT2D eigenvalue weighted by Crippen LogP contribution is -2.39. The van der Waals surface area contributed by atoms with Crippen molar-refractivity contribution in [2.24, 2.45) is 0 Å². The molecule has 2 saturated heterocycles. The molecule has 11 heteroatoms. The van der Waals surface area contributed by atoms with Gasteiger partial charge in [-0.3, -0.25) is 19.7 Å². The Hall–Kier alpha value is -3.59. The smallest absolute Gasteiger partial charge is 0.255 e. The summed E-state index contributed by atoms with van der Waals surface area (Å²) in [5.41, 5.74) is 3.04. The summed E-state index contributed by atoms with van der Waals surface area (Å²) in [6.07, 6.45) is 2.05. The number of hydrogen-bond donors (Lipinski definition) is 2. The van der Waals surface area contributed by atoms with Gasteiger partial charge in [0.15, 0.2) is 15.7 Å². The fourth-order valence-electron chi connectivity index (χ4n) is 4.99. The van der Waals surface area contributed by atoms with Gasteiger partial charge in [-0.1, -0.05) is 12.1 Å². The topological polar surface area (TPSA) is 135 Å². The first-order valence-corrected chi connectivity index (χ1v) is 14.7. The van der Waals surface area contributed by atoms with Crippen LogP contribution in [0.5, 0.6) is 0 Å². The maximum atomic E-state index is 12.9. The van der Waals surface area contributed by atoms with Crippen LogP contribution in [0.15, 0.2) is 48.5 Å². The molecule has 1 aromatic heterocycles. The van der Waals surface area contributed by atoms with Gasteiger partial charge in [-0.2, -0.15) is 10.4 Å². The van der Waals surface area contributed by atoms with E-state index in [0.29, 0.717) is 43.3 Å². The van der Waals surface area contributed by atoms with Crippen LogP contribution in [0.1, 0.15) is 40.5 Å². The molecule has 0 bridgehead atoms. The zero-order chi connectivity index (χ0) is 26.5. The molecule has 0 saturated carbocycles. The van der Waals surface area contributed by atoms with Crippen molar-refractivity contribution in [3.05, 3.63) is 65.5 Å². The minimum Gasteiger partial charge on any atom is -0.322 e. The van der Waals surface area contributed by atoms with Gasteiger partial charge in [-0.05, 0) is 61.3 Å². The number of benzene rings is 2. The molecule has 198 valence electrons. The monoisotopic (exact) mass is 533 g/mol. The number of aromatic amines is 1. The summed E-state index contributed by atoms with van der Waals surface area (Å²) in [4.78, 5) is 21.8. The van der Waals surface area contributed by atoms with Crippen molar-refractivity contribution >= 4 is 21.4 Å². The molecule has 2 aliphatic rings. The van der Waals surface area contributed by atoms with Crippen LogP contribution >= 0.6 is 0 Å². The second-order valence-electron chi connectivity index (χ2n) is 9.94. The standard InChI is InChI=1S/C27H31N7O3S/c28-10-12-33-11-2-5-23(19-33)26-30-25(31-32-26)21-6-8-24(9-7-21)29-27(35)22-4-1-3-20(17-22)18-34-13-15-38(36,37)16-14-34/h1,3-4,6-9,17,23H,2,5,11-16,18-19H2,(H,29,35)(H,30,31,32). The van der Waals surface area contributed by atoms with Crippen LogP contribution in [0.2, 0.25) is 0 Å². The zero-order valence-corrected chi connectivity index (χ0v) is 22.0. The normalized spacial score (nSPS) is 20.0. The quantitative estimate of drug-likeness (QED) is 0.443. The van der Waals surface area contributed by atoms with Crippen molar-refractivity contribution in [1.82, 2.24) is 25.0 Å². The third-order valence-corrected chi connectivity index (χ3v) is 8.73. The highest BCUT2D eigenvalue weighted by atomic mass is 32.2. The van der Waals surface area contributed by atoms with E-state index in [0.717, 1.165) is 42.9 Å². The van der Waals surface area contributed by atoms with Gasteiger partial charge in [0.1, 0.15) is 5.82 Å². The molecule has 2 aliphatic heterocycles. The number of hydrogen-bond acceptors (Lipinski definition) is 8. The Balaban J connectivity index is 1.19. The first-order chi connectivity index (χ1) is 18.4. The van der Waals surface area contributed by atoms with Crippen molar-refractivity contribution in [2.75, 3.05) is 49.5 Å². The summed E-state index contributed by atoms with van der Waals surface area (Å²) < 4.78 is 23.3. The number of piperidine rings is 1. The maximum Gasteiger partial charge on any atom is 0.255 e. The number of sulfone groups is 1. The van der Waals surface area contributed by atoms with Gasteiger partial charge < -0.3 is 5.32 Å². The number of nitrogens with one attached hydrogen (secondary N) is 2. The first kappa shape index (κ1) is 26.0. The van der Waals surface area contributed by atoms with E-state index in [1.807, 2.05) is 42.5 Å². The van der Waals surface area contributed by atoms with E-state index < -0.39 is 9.84 Å². The molecule has 0 aliphatic carbocycles. The minimum absolute atomic E-state index is 0.180. The van der Waals surface area contributed by atoms with E-state index >= 15 is 0 Å². The average Bonchev–Trinajstić information content (AvgIpc) is 3.41. The Bertz CT molecular complexity index is 1420. The van der Waals surface area contributed by atoms with Crippen LogP contribution in [-0.2, 0) is 16.4 Å². The SMILES string of the molecule is N#CCN1CCCC(c2nc(-c3ccc(NC(=O)c4cccc(CN5CCS(=O)(=O)CC5)c4)cc3)n[nH]2)C1. The number of carbonyl (C=O) groups is 1. The number of rotatable bonds is 7. The zero-order valence-electron chi connectivity index (χ0n) is 21.1. The molecule has 1 amide bonds. The minimum atomic E-state index is -2.92. The van der Waals surface area contributed by atoms with Crippen LogP contribution in [0.4, 0.5) is 5.69 Å². The van der Waals surface area contributed by atoms with E-state index in [1.165, 1.54) is 0 Å². The number of aromatic nitrogens is 3. The van der Waals surface area contributed by atoms with E-state index in [2.05, 4.69) is 31.4 Å². The number of nitriles is 1. The molecular formula is C27H31N7O3S. The molecule has 2 fully saturated rings. The van der Waals surface area contributed by atoms with E-state index in [-0.39, 0.29) is 23.3 Å². The molecule has 10 nitrogen and oxygen atoms in total. The van der Waals surface area contributed by atoms with E-state index in [4.69, 9.17) is 10.2 Å². The number of likely N-dealkylation sites (tertiary alicyclic amines) is 1. The first-order valence-electron chi connectivity index (χ1n) is 12.8. The molecule has 2 aromatic carbocycles. The third-order valence-electron chi connectivity index (χ3n) is 7.12. The van der Waals surface area contributed by atoms with Crippen molar-refractivity contribution < 1.29 is 13.2 Å². The van der Waals surface area contributed by atoms with Crippen LogP contribution in [0, 0.1) is 11.3 Å². The Morgan fingerprint density at radius 2 is 1.89 bits per heavy atom. The van der Waals surface area contributed by atoms with Crippen LogP contribution in [0.3, 0.4) is 0 Å². The van der Waals surface area contributed by atoms with Crippen LogP contribution in [-0.4, -0.2) is 83.5 Å². The number of carbonyl (C=O) groups excluding carboxylic acids is 1.